The average Bonchev–Trinajstić information content (AvgIpc) is 2.90. The Morgan fingerprint density at radius 1 is 1.17 bits per heavy atom. The van der Waals surface area contributed by atoms with Crippen molar-refractivity contribution in [2.24, 2.45) is 4.99 Å². The fraction of sp³-hybridized carbons (Fsp3) is 0.682. The number of hydrogen-bond donors (Lipinski definition) is 2. The standard InChI is InChI=1S/C22H39N5O.HI/c1-5-23-22(24-11-6-14-27-15-7-13-26(3)16-17-27)25-12-10-20-9-8-19(2)21(18-20)28-4;/h8-9,18H,5-7,10-17H2,1-4H3,(H2,23,24,25);1H. The summed E-state index contributed by atoms with van der Waals surface area (Å²) in [7, 11) is 3.94. The Balaban J connectivity index is 0.00000420. The molecule has 2 rings (SSSR count). The van der Waals surface area contributed by atoms with Gasteiger partial charge in [-0.2, -0.15) is 0 Å². The van der Waals surface area contributed by atoms with Crippen LogP contribution in [0, 0.1) is 6.92 Å². The third kappa shape index (κ3) is 10.00. The van der Waals surface area contributed by atoms with Crippen molar-refractivity contribution < 1.29 is 4.74 Å². The Bertz CT molecular complexity index is 611. The van der Waals surface area contributed by atoms with Crippen LogP contribution in [0.5, 0.6) is 5.75 Å². The van der Waals surface area contributed by atoms with Crippen LogP contribution in [0.15, 0.2) is 23.2 Å². The summed E-state index contributed by atoms with van der Waals surface area (Å²) in [5, 5.41) is 6.80. The first-order chi connectivity index (χ1) is 13.6. The first kappa shape index (κ1) is 26.0. The van der Waals surface area contributed by atoms with Crippen molar-refractivity contribution in [1.82, 2.24) is 20.4 Å². The highest BCUT2D eigenvalue weighted by molar-refractivity contribution is 14.0. The van der Waals surface area contributed by atoms with Crippen LogP contribution in [0.4, 0.5) is 0 Å². The number of benzene rings is 1. The molecule has 0 aliphatic carbocycles. The molecule has 6 nitrogen and oxygen atoms in total. The van der Waals surface area contributed by atoms with E-state index >= 15 is 0 Å². The number of likely N-dealkylation sites (N-methyl/N-ethyl adjacent to an activating group) is 1. The lowest BCUT2D eigenvalue weighted by atomic mass is 10.1. The molecule has 0 radical (unpaired) electrons. The van der Waals surface area contributed by atoms with E-state index in [1.807, 2.05) is 0 Å². The number of aliphatic imine (C=N–C) groups is 1. The van der Waals surface area contributed by atoms with Gasteiger partial charge in [0.1, 0.15) is 5.75 Å². The van der Waals surface area contributed by atoms with Gasteiger partial charge in [-0.15, -0.1) is 24.0 Å². The van der Waals surface area contributed by atoms with Crippen molar-refractivity contribution in [3.8, 4) is 5.75 Å². The minimum Gasteiger partial charge on any atom is -0.496 e. The lowest BCUT2D eigenvalue weighted by Crippen LogP contribution is -2.38. The first-order valence-electron chi connectivity index (χ1n) is 10.7. The Kier molecular flexibility index (Phi) is 13.3. The first-order valence-corrected chi connectivity index (χ1v) is 10.7. The molecule has 29 heavy (non-hydrogen) atoms. The SMILES string of the molecule is CCNC(=NCCCN1CCCN(C)CC1)NCCc1ccc(C)c(OC)c1.I. The highest BCUT2D eigenvalue weighted by atomic mass is 127. The largest absolute Gasteiger partial charge is 0.496 e. The van der Waals surface area contributed by atoms with Gasteiger partial charge in [-0.25, -0.2) is 0 Å². The number of hydrogen-bond acceptors (Lipinski definition) is 4. The molecule has 0 amide bonds. The van der Waals surface area contributed by atoms with Crippen molar-refractivity contribution in [1.29, 1.82) is 0 Å². The molecule has 0 bridgehead atoms. The van der Waals surface area contributed by atoms with Gasteiger partial charge >= 0.3 is 0 Å². The van der Waals surface area contributed by atoms with Crippen LogP contribution in [0.3, 0.4) is 0 Å². The molecule has 0 aromatic heterocycles. The van der Waals surface area contributed by atoms with Gasteiger partial charge in [0.25, 0.3) is 0 Å². The number of methoxy groups -OCH3 is 1. The summed E-state index contributed by atoms with van der Waals surface area (Å²) in [5.41, 5.74) is 2.45. The van der Waals surface area contributed by atoms with Crippen molar-refractivity contribution in [3.05, 3.63) is 29.3 Å². The molecule has 166 valence electrons. The minimum atomic E-state index is 0. The molecule has 1 heterocycles. The minimum absolute atomic E-state index is 0. The molecule has 1 fully saturated rings. The molecule has 7 heteroatoms. The van der Waals surface area contributed by atoms with Crippen molar-refractivity contribution in [2.75, 3.05) is 66.5 Å². The van der Waals surface area contributed by atoms with Gasteiger partial charge in [-0.3, -0.25) is 4.99 Å². The zero-order chi connectivity index (χ0) is 20.2. The number of ether oxygens (including phenoxy) is 1. The molecule has 0 unspecified atom stereocenters. The van der Waals surface area contributed by atoms with E-state index in [4.69, 9.17) is 9.73 Å². The molecule has 1 aliphatic rings. The number of aryl methyl sites for hydroxylation is 1. The van der Waals surface area contributed by atoms with Crippen molar-refractivity contribution in [3.63, 3.8) is 0 Å². The number of rotatable bonds is 9. The second kappa shape index (κ2) is 14.8. The molecule has 1 aromatic rings. The van der Waals surface area contributed by atoms with Gasteiger partial charge in [0, 0.05) is 32.7 Å². The maximum absolute atomic E-state index is 5.42. The molecule has 1 aliphatic heterocycles. The molecular formula is C22H40IN5O. The van der Waals surface area contributed by atoms with Gasteiger partial charge in [-0.05, 0) is 77.0 Å². The fourth-order valence-corrected chi connectivity index (χ4v) is 3.50. The quantitative estimate of drug-likeness (QED) is 0.229. The summed E-state index contributed by atoms with van der Waals surface area (Å²) in [5.74, 6) is 1.87. The molecule has 1 aromatic carbocycles. The Morgan fingerprint density at radius 3 is 2.76 bits per heavy atom. The Labute approximate surface area is 194 Å². The van der Waals surface area contributed by atoms with Gasteiger partial charge in [0.05, 0.1) is 7.11 Å². The summed E-state index contributed by atoms with van der Waals surface area (Å²) >= 11 is 0. The Morgan fingerprint density at radius 2 is 2.00 bits per heavy atom. The normalized spacial score (nSPS) is 16.1. The van der Waals surface area contributed by atoms with Crippen LogP contribution in [0.25, 0.3) is 0 Å². The smallest absolute Gasteiger partial charge is 0.191 e. The molecule has 0 spiro atoms. The lowest BCUT2D eigenvalue weighted by Gasteiger charge is -2.19. The van der Waals surface area contributed by atoms with Crippen molar-refractivity contribution in [2.45, 2.75) is 33.1 Å². The number of nitrogens with one attached hydrogen (secondary N) is 2. The van der Waals surface area contributed by atoms with E-state index in [0.717, 1.165) is 50.7 Å². The van der Waals surface area contributed by atoms with E-state index in [9.17, 15) is 0 Å². The monoisotopic (exact) mass is 517 g/mol. The van der Waals surface area contributed by atoms with Gasteiger partial charge in [-0.1, -0.05) is 12.1 Å². The van der Waals surface area contributed by atoms with Crippen LogP contribution < -0.4 is 15.4 Å². The van der Waals surface area contributed by atoms with Crippen molar-refractivity contribution >= 4 is 29.9 Å². The number of nitrogens with zero attached hydrogens (tertiary/aromatic N) is 3. The predicted molar refractivity (Wildman–Crippen MR) is 134 cm³/mol. The van der Waals surface area contributed by atoms with Crippen LogP contribution in [0.2, 0.25) is 0 Å². The van der Waals surface area contributed by atoms with E-state index in [1.165, 1.54) is 43.7 Å². The van der Waals surface area contributed by atoms with Gasteiger partial charge in [0.15, 0.2) is 5.96 Å². The second-order valence-electron chi connectivity index (χ2n) is 7.59. The van der Waals surface area contributed by atoms with Crippen LogP contribution in [0.1, 0.15) is 30.9 Å². The van der Waals surface area contributed by atoms with E-state index in [-0.39, 0.29) is 24.0 Å². The summed E-state index contributed by atoms with van der Waals surface area (Å²) in [6, 6.07) is 6.41. The molecule has 2 N–H and O–H groups in total. The third-order valence-electron chi connectivity index (χ3n) is 5.24. The summed E-state index contributed by atoms with van der Waals surface area (Å²) in [6.45, 7) is 12.7. The van der Waals surface area contributed by atoms with E-state index in [2.05, 4.69) is 59.5 Å². The summed E-state index contributed by atoms with van der Waals surface area (Å²) in [4.78, 5) is 9.75. The molecule has 0 saturated carbocycles. The molecular weight excluding hydrogens is 477 g/mol. The van der Waals surface area contributed by atoms with Gasteiger partial charge in [0.2, 0.25) is 0 Å². The third-order valence-corrected chi connectivity index (χ3v) is 5.24. The highest BCUT2D eigenvalue weighted by Crippen LogP contribution is 2.18. The zero-order valence-electron chi connectivity index (χ0n) is 18.7. The summed E-state index contributed by atoms with van der Waals surface area (Å²) < 4.78 is 5.42. The van der Waals surface area contributed by atoms with Gasteiger partial charge < -0.3 is 25.2 Å². The van der Waals surface area contributed by atoms with E-state index < -0.39 is 0 Å². The van der Waals surface area contributed by atoms with Crippen LogP contribution >= 0.6 is 24.0 Å². The topological polar surface area (TPSA) is 52.1 Å². The number of guanidine groups is 1. The zero-order valence-corrected chi connectivity index (χ0v) is 21.0. The highest BCUT2D eigenvalue weighted by Gasteiger charge is 2.11. The average molecular weight is 518 g/mol. The van der Waals surface area contributed by atoms with E-state index in [1.54, 1.807) is 7.11 Å². The molecule has 1 saturated heterocycles. The lowest BCUT2D eigenvalue weighted by molar-refractivity contribution is 0.275. The maximum atomic E-state index is 5.42. The van der Waals surface area contributed by atoms with Crippen LogP contribution in [-0.4, -0.2) is 82.3 Å². The summed E-state index contributed by atoms with van der Waals surface area (Å²) in [6.07, 6.45) is 3.32. The Hall–Kier alpha value is -1.06. The maximum Gasteiger partial charge on any atom is 0.191 e. The fourth-order valence-electron chi connectivity index (χ4n) is 3.50. The second-order valence-corrected chi connectivity index (χ2v) is 7.59. The van der Waals surface area contributed by atoms with E-state index in [0.29, 0.717) is 0 Å². The predicted octanol–water partition coefficient (Wildman–Crippen LogP) is 2.75. The van der Waals surface area contributed by atoms with Crippen LogP contribution in [-0.2, 0) is 6.42 Å². The molecule has 0 atom stereocenters. The number of halogens is 1.